The molecule has 1 fully saturated rings. The molecule has 1 aliphatic carbocycles. The number of pyridine rings is 1. The Bertz CT molecular complexity index is 1500. The number of carbonyl (C=O) groups excluding carboxylic acids is 2. The van der Waals surface area contributed by atoms with Crippen LogP contribution in [-0.2, 0) is 16.0 Å². The number of aromatic nitrogens is 1. The first kappa shape index (κ1) is 29.1. The summed E-state index contributed by atoms with van der Waals surface area (Å²) in [7, 11) is 1.56. The lowest BCUT2D eigenvalue weighted by atomic mass is 9.98. The summed E-state index contributed by atoms with van der Waals surface area (Å²) in [5, 5.41) is 0.748. The molecule has 1 saturated carbocycles. The molecule has 2 N–H and O–H groups in total. The van der Waals surface area contributed by atoms with E-state index in [1.165, 1.54) is 6.42 Å². The molecule has 0 amide bonds. The Morgan fingerprint density at radius 1 is 0.929 bits per heavy atom. The van der Waals surface area contributed by atoms with Crippen molar-refractivity contribution in [3.63, 3.8) is 0 Å². The van der Waals surface area contributed by atoms with E-state index in [9.17, 15) is 9.59 Å². The zero-order valence-corrected chi connectivity index (χ0v) is 23.8. The number of methoxy groups -OCH3 is 1. The molecule has 0 bridgehead atoms. The topological polar surface area (TPSA) is 110 Å². The Labute approximate surface area is 245 Å². The maximum Gasteiger partial charge on any atom is 0.323 e. The number of Topliss-reactive ketones (excluding diaryl/α,β-unsaturated/α-hetero) is 1. The molecule has 1 heterocycles. The van der Waals surface area contributed by atoms with Gasteiger partial charge in [-0.2, -0.15) is 0 Å². The van der Waals surface area contributed by atoms with Crippen LogP contribution in [0.1, 0.15) is 54.4 Å². The number of ketones is 1. The van der Waals surface area contributed by atoms with Crippen LogP contribution in [0.4, 0.5) is 0 Å². The number of nitrogens with zero attached hydrogens (tertiary/aromatic N) is 1. The van der Waals surface area contributed by atoms with E-state index in [-0.39, 0.29) is 24.5 Å². The monoisotopic (exact) mass is 568 g/mol. The summed E-state index contributed by atoms with van der Waals surface area (Å²) in [6.45, 7) is 0.220. The van der Waals surface area contributed by atoms with Crippen molar-refractivity contribution in [2.75, 3.05) is 13.7 Å². The average molecular weight is 569 g/mol. The summed E-state index contributed by atoms with van der Waals surface area (Å²) in [4.78, 5) is 29.4. The molecule has 42 heavy (non-hydrogen) atoms. The van der Waals surface area contributed by atoms with Gasteiger partial charge in [0.1, 0.15) is 23.6 Å². The van der Waals surface area contributed by atoms with Crippen LogP contribution in [0, 0.1) is 0 Å². The predicted octanol–water partition coefficient (Wildman–Crippen LogP) is 6.43. The van der Waals surface area contributed by atoms with Crippen molar-refractivity contribution in [1.82, 2.24) is 4.98 Å². The molecule has 1 atom stereocenters. The molecule has 1 aromatic heterocycles. The molecule has 1 aliphatic rings. The lowest BCUT2D eigenvalue weighted by molar-refractivity contribution is -0.152. The van der Waals surface area contributed by atoms with Crippen molar-refractivity contribution < 1.29 is 28.5 Å². The molecule has 8 heteroatoms. The van der Waals surface area contributed by atoms with E-state index in [1.54, 1.807) is 25.4 Å². The van der Waals surface area contributed by atoms with Gasteiger partial charge >= 0.3 is 5.97 Å². The second-order valence-electron chi connectivity index (χ2n) is 10.5. The third-order valence-corrected chi connectivity index (χ3v) is 7.42. The van der Waals surface area contributed by atoms with Crippen molar-refractivity contribution in [3.8, 4) is 23.0 Å². The maximum absolute atomic E-state index is 12.5. The first-order valence-corrected chi connectivity index (χ1v) is 14.4. The number of ether oxygens (including phenoxy) is 4. The number of benzene rings is 3. The van der Waals surface area contributed by atoms with Gasteiger partial charge in [-0.15, -0.1) is 0 Å². The van der Waals surface area contributed by atoms with Crippen molar-refractivity contribution >= 4 is 22.7 Å². The smallest absolute Gasteiger partial charge is 0.323 e. The third kappa shape index (κ3) is 7.44. The maximum atomic E-state index is 12.5. The van der Waals surface area contributed by atoms with Crippen LogP contribution in [0.3, 0.4) is 0 Å². The number of carbonyl (C=O) groups is 2. The van der Waals surface area contributed by atoms with E-state index in [4.69, 9.17) is 24.7 Å². The number of hydrogen-bond donors (Lipinski definition) is 1. The standard InChI is InChI=1S/C34H36N2O6/c1-39-32-21-27-29(22-33(32)40-19-17-28(35)34(38)42-25-10-6-3-7-11-25)36-18-16-31(27)41-26-14-12-23(13-15-26)20-30(37)24-8-4-2-5-9-24/h2,4-5,8-9,12-16,18,21-22,25,28H,3,6-7,10-11,17,19-20,35H2,1H3/t28-/m0/s1. The van der Waals surface area contributed by atoms with Crippen LogP contribution < -0.4 is 19.9 Å². The van der Waals surface area contributed by atoms with Crippen LogP contribution in [0.5, 0.6) is 23.0 Å². The molecule has 0 radical (unpaired) electrons. The SMILES string of the molecule is COc1cc2c(Oc3ccc(CC(=O)c4ccccc4)cc3)ccnc2cc1OCC[C@H](N)C(=O)OC1CCCCC1. The van der Waals surface area contributed by atoms with Gasteiger partial charge in [-0.05, 0) is 55.5 Å². The summed E-state index contributed by atoms with van der Waals surface area (Å²) in [5.74, 6) is 1.92. The van der Waals surface area contributed by atoms with Gasteiger partial charge in [0.15, 0.2) is 17.3 Å². The zero-order valence-electron chi connectivity index (χ0n) is 23.8. The molecular weight excluding hydrogens is 532 g/mol. The van der Waals surface area contributed by atoms with Gasteiger partial charge in [-0.25, -0.2) is 0 Å². The average Bonchev–Trinajstić information content (AvgIpc) is 3.02. The number of esters is 1. The van der Waals surface area contributed by atoms with Crippen LogP contribution >= 0.6 is 0 Å². The zero-order chi connectivity index (χ0) is 29.3. The van der Waals surface area contributed by atoms with Gasteiger partial charge in [0.25, 0.3) is 0 Å². The first-order chi connectivity index (χ1) is 20.5. The van der Waals surface area contributed by atoms with E-state index < -0.39 is 6.04 Å². The fourth-order valence-corrected chi connectivity index (χ4v) is 5.05. The molecular formula is C34H36N2O6. The highest BCUT2D eigenvalue weighted by Crippen LogP contribution is 2.37. The van der Waals surface area contributed by atoms with Gasteiger partial charge in [0.05, 0.1) is 19.2 Å². The van der Waals surface area contributed by atoms with Crippen molar-refractivity contribution in [1.29, 1.82) is 0 Å². The first-order valence-electron chi connectivity index (χ1n) is 14.4. The van der Waals surface area contributed by atoms with Crippen molar-refractivity contribution in [3.05, 3.63) is 90.1 Å². The molecule has 8 nitrogen and oxygen atoms in total. The summed E-state index contributed by atoms with van der Waals surface area (Å²) < 4.78 is 23.3. The molecule has 0 unspecified atom stereocenters. The number of nitrogens with two attached hydrogens (primary N) is 1. The fraction of sp³-hybridized carbons (Fsp3) is 0.324. The highest BCUT2D eigenvalue weighted by Gasteiger charge is 2.22. The highest BCUT2D eigenvalue weighted by molar-refractivity contribution is 5.97. The van der Waals surface area contributed by atoms with E-state index >= 15 is 0 Å². The van der Waals surface area contributed by atoms with Crippen molar-refractivity contribution in [2.45, 2.75) is 57.1 Å². The largest absolute Gasteiger partial charge is 0.493 e. The second-order valence-corrected chi connectivity index (χ2v) is 10.5. The Kier molecular flexibility index (Phi) is 9.66. The minimum absolute atomic E-state index is 0.0249. The Balaban J connectivity index is 1.21. The highest BCUT2D eigenvalue weighted by atomic mass is 16.5. The van der Waals surface area contributed by atoms with Gasteiger partial charge in [-0.1, -0.05) is 48.9 Å². The predicted molar refractivity (Wildman–Crippen MR) is 160 cm³/mol. The van der Waals surface area contributed by atoms with Crippen molar-refractivity contribution in [2.24, 2.45) is 5.73 Å². The summed E-state index contributed by atoms with van der Waals surface area (Å²) in [6.07, 6.45) is 7.44. The Morgan fingerprint density at radius 2 is 1.69 bits per heavy atom. The van der Waals surface area contributed by atoms with Crippen LogP contribution in [-0.4, -0.2) is 42.6 Å². The van der Waals surface area contributed by atoms with Gasteiger partial charge in [0.2, 0.25) is 0 Å². The van der Waals surface area contributed by atoms with E-state index in [2.05, 4.69) is 4.98 Å². The minimum atomic E-state index is -0.751. The van der Waals surface area contributed by atoms with Crippen LogP contribution in [0.25, 0.3) is 10.9 Å². The van der Waals surface area contributed by atoms with Crippen LogP contribution in [0.2, 0.25) is 0 Å². The lowest BCUT2D eigenvalue weighted by Crippen LogP contribution is -2.36. The van der Waals surface area contributed by atoms with Gasteiger partial charge in [-0.3, -0.25) is 14.6 Å². The van der Waals surface area contributed by atoms with E-state index in [0.29, 0.717) is 46.9 Å². The van der Waals surface area contributed by atoms with Gasteiger partial charge < -0.3 is 24.7 Å². The van der Waals surface area contributed by atoms with E-state index in [1.807, 2.05) is 60.7 Å². The van der Waals surface area contributed by atoms with E-state index in [0.717, 1.165) is 36.6 Å². The molecule has 5 rings (SSSR count). The normalized spacial score (nSPS) is 14.2. The quantitative estimate of drug-likeness (QED) is 0.154. The molecule has 0 aliphatic heterocycles. The lowest BCUT2D eigenvalue weighted by Gasteiger charge is -2.23. The molecule has 4 aromatic rings. The molecule has 3 aromatic carbocycles. The fourth-order valence-electron chi connectivity index (χ4n) is 5.05. The molecule has 0 spiro atoms. The number of fused-ring (bicyclic) bond motifs is 1. The summed E-state index contributed by atoms with van der Waals surface area (Å²) in [6, 6.07) is 21.4. The number of hydrogen-bond acceptors (Lipinski definition) is 8. The Hall–Kier alpha value is -4.43. The summed E-state index contributed by atoms with van der Waals surface area (Å²) in [5.41, 5.74) is 8.34. The van der Waals surface area contributed by atoms with Crippen LogP contribution in [0.15, 0.2) is 79.0 Å². The number of rotatable bonds is 12. The Morgan fingerprint density at radius 3 is 2.43 bits per heavy atom. The molecule has 218 valence electrons. The third-order valence-electron chi connectivity index (χ3n) is 7.42. The summed E-state index contributed by atoms with van der Waals surface area (Å²) >= 11 is 0. The van der Waals surface area contributed by atoms with Gasteiger partial charge in [0, 0.05) is 36.1 Å². The molecule has 0 saturated heterocycles. The minimum Gasteiger partial charge on any atom is -0.493 e. The second kappa shape index (κ2) is 14.0.